The van der Waals surface area contributed by atoms with E-state index in [1.807, 2.05) is 18.2 Å². The number of rotatable bonds is 13. The number of benzene rings is 1. The molecular weight excluding hydrogens is 360 g/mol. The molecule has 0 spiro atoms. The summed E-state index contributed by atoms with van der Waals surface area (Å²) in [6, 6.07) is 10.1. The molecule has 0 aliphatic rings. The van der Waals surface area contributed by atoms with Gasteiger partial charge in [0.05, 0.1) is 5.69 Å². The number of aromatic nitrogens is 2. The van der Waals surface area contributed by atoms with E-state index in [1.165, 1.54) is 44.1 Å². The highest BCUT2D eigenvalue weighted by atomic mass is 16.2. The summed E-state index contributed by atoms with van der Waals surface area (Å²) >= 11 is 0. The van der Waals surface area contributed by atoms with Crippen molar-refractivity contribution < 1.29 is 4.79 Å². The molecule has 1 atom stereocenters. The second-order valence-corrected chi connectivity index (χ2v) is 8.12. The number of carbonyl (C=O) groups excluding carboxylic acids is 1. The van der Waals surface area contributed by atoms with Gasteiger partial charge in [-0.15, -0.1) is 0 Å². The van der Waals surface area contributed by atoms with Crippen molar-refractivity contribution >= 4 is 5.91 Å². The highest BCUT2D eigenvalue weighted by Crippen LogP contribution is 2.18. The van der Waals surface area contributed by atoms with Crippen molar-refractivity contribution in [2.45, 2.75) is 72.3 Å². The van der Waals surface area contributed by atoms with Crippen molar-refractivity contribution in [3.8, 4) is 11.3 Å². The van der Waals surface area contributed by atoms with Gasteiger partial charge in [0, 0.05) is 18.2 Å². The van der Waals surface area contributed by atoms with E-state index in [9.17, 15) is 4.79 Å². The zero-order valence-electron chi connectivity index (χ0n) is 18.6. The number of H-pyrrole nitrogens is 1. The second kappa shape index (κ2) is 12.4. The van der Waals surface area contributed by atoms with Crippen LogP contribution in [0, 0.1) is 6.92 Å². The maximum atomic E-state index is 12.7. The largest absolute Gasteiger partial charge is 0.347 e. The molecule has 160 valence electrons. The van der Waals surface area contributed by atoms with Gasteiger partial charge in [0.2, 0.25) is 0 Å². The molecule has 1 amide bonds. The third kappa shape index (κ3) is 8.01. The monoisotopic (exact) mass is 398 g/mol. The van der Waals surface area contributed by atoms with E-state index in [4.69, 9.17) is 0 Å². The standard InChI is InChI=1S/C24H38N4O/c1-5-7-9-15-28(16-10-8-6-2)18-20(4)25-24(29)23-17-22(26-27-23)21-13-11-19(3)12-14-21/h11-14,17,20H,5-10,15-16,18H2,1-4H3,(H,25,29)(H,26,27). The maximum absolute atomic E-state index is 12.7. The lowest BCUT2D eigenvalue weighted by atomic mass is 10.1. The van der Waals surface area contributed by atoms with Crippen LogP contribution < -0.4 is 5.32 Å². The Morgan fingerprint density at radius 3 is 2.28 bits per heavy atom. The smallest absolute Gasteiger partial charge is 0.269 e. The fourth-order valence-electron chi connectivity index (χ4n) is 3.51. The predicted octanol–water partition coefficient (Wildman–Crippen LogP) is 5.19. The van der Waals surface area contributed by atoms with E-state index in [2.05, 4.69) is 60.2 Å². The first-order chi connectivity index (χ1) is 14.0. The Labute approximate surface area is 176 Å². The van der Waals surface area contributed by atoms with Gasteiger partial charge in [0.25, 0.3) is 5.91 Å². The third-order valence-corrected chi connectivity index (χ3v) is 5.24. The number of nitrogens with zero attached hydrogens (tertiary/aromatic N) is 2. The Kier molecular flexibility index (Phi) is 9.92. The van der Waals surface area contributed by atoms with E-state index in [1.54, 1.807) is 0 Å². The van der Waals surface area contributed by atoms with Crippen LogP contribution in [0.3, 0.4) is 0 Å². The van der Waals surface area contributed by atoms with E-state index >= 15 is 0 Å². The average molecular weight is 399 g/mol. The van der Waals surface area contributed by atoms with Crippen LogP contribution in [0.2, 0.25) is 0 Å². The number of carbonyl (C=O) groups is 1. The van der Waals surface area contributed by atoms with Gasteiger partial charge >= 0.3 is 0 Å². The van der Waals surface area contributed by atoms with Crippen LogP contribution in [-0.2, 0) is 0 Å². The highest BCUT2D eigenvalue weighted by molar-refractivity contribution is 5.93. The Hall–Kier alpha value is -2.14. The molecule has 0 aliphatic heterocycles. The van der Waals surface area contributed by atoms with Crippen molar-refractivity contribution in [1.82, 2.24) is 20.4 Å². The minimum atomic E-state index is -0.0922. The average Bonchev–Trinajstić information content (AvgIpc) is 3.19. The van der Waals surface area contributed by atoms with Gasteiger partial charge in [-0.3, -0.25) is 9.89 Å². The van der Waals surface area contributed by atoms with Crippen LogP contribution in [0.15, 0.2) is 30.3 Å². The number of hydrogen-bond acceptors (Lipinski definition) is 3. The minimum absolute atomic E-state index is 0.0922. The lowest BCUT2D eigenvalue weighted by molar-refractivity contribution is 0.0923. The van der Waals surface area contributed by atoms with Crippen LogP contribution in [-0.4, -0.2) is 46.7 Å². The summed E-state index contributed by atoms with van der Waals surface area (Å²) in [6.45, 7) is 11.7. The fourth-order valence-corrected chi connectivity index (χ4v) is 3.51. The number of hydrogen-bond donors (Lipinski definition) is 2. The summed E-state index contributed by atoms with van der Waals surface area (Å²) < 4.78 is 0. The van der Waals surface area contributed by atoms with Crippen LogP contribution >= 0.6 is 0 Å². The Bertz CT molecular complexity index is 713. The van der Waals surface area contributed by atoms with Crippen molar-refractivity contribution in [3.05, 3.63) is 41.6 Å². The van der Waals surface area contributed by atoms with Gasteiger partial charge in [-0.25, -0.2) is 0 Å². The first kappa shape index (κ1) is 23.1. The zero-order valence-corrected chi connectivity index (χ0v) is 18.6. The third-order valence-electron chi connectivity index (χ3n) is 5.24. The van der Waals surface area contributed by atoms with Crippen LogP contribution in [0.25, 0.3) is 11.3 Å². The summed E-state index contributed by atoms with van der Waals surface area (Å²) in [5.41, 5.74) is 3.52. The number of nitrogens with one attached hydrogen (secondary N) is 2. The van der Waals surface area contributed by atoms with Crippen LogP contribution in [0.1, 0.15) is 75.3 Å². The molecule has 2 N–H and O–H groups in total. The van der Waals surface area contributed by atoms with E-state index in [-0.39, 0.29) is 11.9 Å². The molecule has 0 aliphatic carbocycles. The molecule has 0 saturated carbocycles. The summed E-state index contributed by atoms with van der Waals surface area (Å²) in [4.78, 5) is 15.2. The van der Waals surface area contributed by atoms with Gasteiger partial charge in [-0.2, -0.15) is 5.10 Å². The number of aryl methyl sites for hydroxylation is 1. The predicted molar refractivity (Wildman–Crippen MR) is 121 cm³/mol. The highest BCUT2D eigenvalue weighted by Gasteiger charge is 2.16. The molecule has 29 heavy (non-hydrogen) atoms. The lowest BCUT2D eigenvalue weighted by Gasteiger charge is -2.26. The van der Waals surface area contributed by atoms with Gasteiger partial charge in [0.15, 0.2) is 0 Å². The summed E-state index contributed by atoms with van der Waals surface area (Å²) in [6.07, 6.45) is 7.45. The zero-order chi connectivity index (χ0) is 21.1. The summed E-state index contributed by atoms with van der Waals surface area (Å²) in [5, 5.41) is 10.3. The first-order valence-electron chi connectivity index (χ1n) is 11.2. The molecule has 1 aromatic heterocycles. The van der Waals surface area contributed by atoms with E-state index in [0.29, 0.717) is 5.69 Å². The molecule has 5 heteroatoms. The first-order valence-corrected chi connectivity index (χ1v) is 11.2. The SMILES string of the molecule is CCCCCN(CCCCC)CC(C)NC(=O)c1cc(-c2ccc(C)cc2)n[nH]1. The number of unbranched alkanes of at least 4 members (excludes halogenated alkanes) is 4. The molecule has 0 saturated heterocycles. The Morgan fingerprint density at radius 1 is 1.07 bits per heavy atom. The van der Waals surface area contributed by atoms with Crippen LogP contribution in [0.4, 0.5) is 0 Å². The van der Waals surface area contributed by atoms with E-state index < -0.39 is 0 Å². The maximum Gasteiger partial charge on any atom is 0.269 e. The van der Waals surface area contributed by atoms with Crippen molar-refractivity contribution in [2.24, 2.45) is 0 Å². The van der Waals surface area contributed by atoms with Crippen molar-refractivity contribution in [2.75, 3.05) is 19.6 Å². The molecule has 1 aromatic carbocycles. The van der Waals surface area contributed by atoms with Crippen molar-refractivity contribution in [1.29, 1.82) is 0 Å². The van der Waals surface area contributed by atoms with E-state index in [0.717, 1.165) is 30.9 Å². The molecule has 2 rings (SSSR count). The molecule has 0 fully saturated rings. The topological polar surface area (TPSA) is 61.0 Å². The number of aromatic amines is 1. The fraction of sp³-hybridized carbons (Fsp3) is 0.583. The molecule has 0 radical (unpaired) electrons. The molecule has 1 heterocycles. The molecule has 2 aromatic rings. The van der Waals surface area contributed by atoms with Gasteiger partial charge in [-0.05, 0) is 45.8 Å². The minimum Gasteiger partial charge on any atom is -0.347 e. The van der Waals surface area contributed by atoms with Crippen LogP contribution in [0.5, 0.6) is 0 Å². The van der Waals surface area contributed by atoms with Gasteiger partial charge < -0.3 is 10.2 Å². The van der Waals surface area contributed by atoms with Gasteiger partial charge in [0.1, 0.15) is 5.69 Å². The summed E-state index contributed by atoms with van der Waals surface area (Å²) in [7, 11) is 0. The molecule has 5 nitrogen and oxygen atoms in total. The second-order valence-electron chi connectivity index (χ2n) is 8.12. The summed E-state index contributed by atoms with van der Waals surface area (Å²) in [5.74, 6) is -0.0922. The molecule has 0 bridgehead atoms. The molecule has 1 unspecified atom stereocenters. The molecular formula is C24H38N4O. The normalized spacial score (nSPS) is 12.3. The quantitative estimate of drug-likeness (QED) is 0.457. The Morgan fingerprint density at radius 2 is 1.69 bits per heavy atom. The number of amides is 1. The van der Waals surface area contributed by atoms with Gasteiger partial charge in [-0.1, -0.05) is 69.4 Å². The van der Waals surface area contributed by atoms with Crippen molar-refractivity contribution in [3.63, 3.8) is 0 Å². The Balaban J connectivity index is 1.89. The lowest BCUT2D eigenvalue weighted by Crippen LogP contribution is -2.42.